The van der Waals surface area contributed by atoms with E-state index in [-0.39, 0.29) is 6.04 Å². The number of aromatic nitrogens is 2. The maximum absolute atomic E-state index is 4.26. The van der Waals surface area contributed by atoms with Gasteiger partial charge in [0, 0.05) is 23.0 Å². The van der Waals surface area contributed by atoms with Crippen LogP contribution in [-0.2, 0) is 0 Å². The normalized spacial score (nSPS) is 13.0. The van der Waals surface area contributed by atoms with Crippen molar-refractivity contribution < 1.29 is 0 Å². The van der Waals surface area contributed by atoms with E-state index in [1.165, 1.54) is 10.6 Å². The van der Waals surface area contributed by atoms with Gasteiger partial charge in [-0.05, 0) is 26.1 Å². The topological polar surface area (TPSA) is 40.7 Å². The Labute approximate surface area is 87.2 Å². The highest BCUT2D eigenvalue weighted by molar-refractivity contribution is 7.11. The Bertz CT molecular complexity index is 391. The third-order valence-electron chi connectivity index (χ3n) is 2.15. The molecule has 0 fully saturated rings. The van der Waals surface area contributed by atoms with Gasteiger partial charge in [-0.25, -0.2) is 4.98 Å². The minimum Gasteiger partial charge on any atom is -0.363 e. The summed E-state index contributed by atoms with van der Waals surface area (Å²) in [6.07, 6.45) is 3.87. The summed E-state index contributed by atoms with van der Waals surface area (Å²) >= 11 is 1.73. The lowest BCUT2D eigenvalue weighted by atomic mass is 10.2. The van der Waals surface area contributed by atoms with Crippen molar-refractivity contribution in [2.45, 2.75) is 13.0 Å². The van der Waals surface area contributed by atoms with E-state index in [9.17, 15) is 0 Å². The molecule has 4 heteroatoms. The molecule has 2 aromatic rings. The second-order valence-corrected chi connectivity index (χ2v) is 4.40. The smallest absolute Gasteiger partial charge is 0.0897 e. The third kappa shape index (κ3) is 1.71. The Balaban J connectivity index is 2.31. The molecule has 0 aromatic carbocycles. The van der Waals surface area contributed by atoms with Gasteiger partial charge in [0.1, 0.15) is 0 Å². The minimum atomic E-state index is 0.233. The molecule has 2 N–H and O–H groups in total. The number of aromatic amines is 1. The van der Waals surface area contributed by atoms with Gasteiger partial charge in [0.25, 0.3) is 0 Å². The highest BCUT2D eigenvalue weighted by atomic mass is 32.1. The van der Waals surface area contributed by atoms with Crippen LogP contribution in [-0.4, -0.2) is 17.0 Å². The summed E-state index contributed by atoms with van der Waals surface area (Å²) in [5, 5.41) is 4.38. The van der Waals surface area contributed by atoms with Crippen LogP contribution in [0.2, 0.25) is 0 Å². The van der Waals surface area contributed by atoms with Gasteiger partial charge in [-0.1, -0.05) is 0 Å². The van der Waals surface area contributed by atoms with E-state index in [1.54, 1.807) is 11.3 Å². The Morgan fingerprint density at radius 1 is 1.57 bits per heavy atom. The van der Waals surface area contributed by atoms with E-state index in [0.29, 0.717) is 0 Å². The maximum atomic E-state index is 4.26. The van der Waals surface area contributed by atoms with Crippen molar-refractivity contribution in [2.24, 2.45) is 0 Å². The van der Waals surface area contributed by atoms with E-state index in [1.807, 2.05) is 32.4 Å². The number of hydrogen-bond donors (Lipinski definition) is 2. The number of thiazole rings is 1. The monoisotopic (exact) mass is 207 g/mol. The first-order valence-electron chi connectivity index (χ1n) is 4.54. The van der Waals surface area contributed by atoms with Crippen molar-refractivity contribution in [3.63, 3.8) is 0 Å². The predicted octanol–water partition coefficient (Wildman–Crippen LogP) is 2.09. The van der Waals surface area contributed by atoms with Gasteiger partial charge in [0.2, 0.25) is 0 Å². The number of H-pyrrole nitrogens is 1. The van der Waals surface area contributed by atoms with Crippen LogP contribution in [0.15, 0.2) is 24.5 Å². The van der Waals surface area contributed by atoms with Crippen molar-refractivity contribution in [1.29, 1.82) is 0 Å². The van der Waals surface area contributed by atoms with Crippen LogP contribution in [0.5, 0.6) is 0 Å². The van der Waals surface area contributed by atoms with E-state index in [4.69, 9.17) is 0 Å². The fraction of sp³-hybridized carbons (Fsp3) is 0.300. The van der Waals surface area contributed by atoms with Crippen molar-refractivity contribution in [2.75, 3.05) is 7.05 Å². The van der Waals surface area contributed by atoms with Gasteiger partial charge < -0.3 is 10.3 Å². The maximum Gasteiger partial charge on any atom is 0.0897 e. The van der Waals surface area contributed by atoms with E-state index >= 15 is 0 Å². The Kier molecular flexibility index (Phi) is 2.65. The van der Waals surface area contributed by atoms with Crippen molar-refractivity contribution in [3.05, 3.63) is 40.1 Å². The molecule has 0 saturated heterocycles. The highest BCUT2D eigenvalue weighted by Crippen LogP contribution is 2.25. The summed E-state index contributed by atoms with van der Waals surface area (Å²) in [4.78, 5) is 8.72. The van der Waals surface area contributed by atoms with Crippen molar-refractivity contribution >= 4 is 11.3 Å². The Morgan fingerprint density at radius 2 is 2.43 bits per heavy atom. The van der Waals surface area contributed by atoms with Crippen LogP contribution in [0, 0.1) is 6.92 Å². The second-order valence-electron chi connectivity index (χ2n) is 3.13. The molecule has 0 saturated carbocycles. The van der Waals surface area contributed by atoms with Crippen LogP contribution in [0.25, 0.3) is 0 Å². The fourth-order valence-electron chi connectivity index (χ4n) is 1.49. The summed E-state index contributed by atoms with van der Waals surface area (Å²) < 4.78 is 0. The molecule has 0 radical (unpaired) electrons. The molecule has 0 aliphatic rings. The quantitative estimate of drug-likeness (QED) is 0.809. The van der Waals surface area contributed by atoms with Gasteiger partial charge in [-0.2, -0.15) is 0 Å². The molecule has 1 atom stereocenters. The van der Waals surface area contributed by atoms with Crippen LogP contribution in [0.4, 0.5) is 0 Å². The standard InChI is InChI=1S/C10H13N3S/c1-7-13-6-9(14-7)10(11-2)8-4-3-5-12-8/h3-6,10-12H,1-2H3. The molecule has 74 valence electrons. The van der Waals surface area contributed by atoms with Crippen LogP contribution >= 0.6 is 11.3 Å². The molecule has 0 spiro atoms. The van der Waals surface area contributed by atoms with Gasteiger partial charge in [-0.15, -0.1) is 11.3 Å². The first kappa shape index (κ1) is 9.43. The molecule has 2 rings (SSSR count). The number of hydrogen-bond acceptors (Lipinski definition) is 3. The third-order valence-corrected chi connectivity index (χ3v) is 3.12. The molecule has 2 heterocycles. The lowest BCUT2D eigenvalue weighted by Gasteiger charge is -2.11. The average Bonchev–Trinajstić information content (AvgIpc) is 2.79. The number of nitrogens with zero attached hydrogens (tertiary/aromatic N) is 1. The largest absolute Gasteiger partial charge is 0.363 e. The van der Waals surface area contributed by atoms with Gasteiger partial charge in [0.05, 0.1) is 11.0 Å². The highest BCUT2D eigenvalue weighted by Gasteiger charge is 2.14. The molecule has 1 unspecified atom stereocenters. The summed E-state index contributed by atoms with van der Waals surface area (Å²) in [5.41, 5.74) is 1.18. The molecule has 0 amide bonds. The Hall–Kier alpha value is -1.13. The van der Waals surface area contributed by atoms with Gasteiger partial charge >= 0.3 is 0 Å². The van der Waals surface area contributed by atoms with Gasteiger partial charge in [-0.3, -0.25) is 0 Å². The lowest BCUT2D eigenvalue weighted by molar-refractivity contribution is 0.685. The Morgan fingerprint density at radius 3 is 2.93 bits per heavy atom. The van der Waals surface area contributed by atoms with E-state index < -0.39 is 0 Å². The van der Waals surface area contributed by atoms with Crippen LogP contribution < -0.4 is 5.32 Å². The number of nitrogens with one attached hydrogen (secondary N) is 2. The molecule has 2 aromatic heterocycles. The molecular formula is C10H13N3S. The molecule has 0 aliphatic heterocycles. The molecule has 14 heavy (non-hydrogen) atoms. The SMILES string of the molecule is CNC(c1ccc[nH]1)c1cnc(C)s1. The first-order valence-corrected chi connectivity index (χ1v) is 5.36. The van der Waals surface area contributed by atoms with Crippen LogP contribution in [0.3, 0.4) is 0 Å². The van der Waals surface area contributed by atoms with E-state index in [0.717, 1.165) is 5.01 Å². The molecular weight excluding hydrogens is 194 g/mol. The van der Waals surface area contributed by atoms with Crippen molar-refractivity contribution in [3.8, 4) is 0 Å². The molecule has 0 bridgehead atoms. The molecule has 3 nitrogen and oxygen atoms in total. The second kappa shape index (κ2) is 3.94. The average molecular weight is 207 g/mol. The van der Waals surface area contributed by atoms with Gasteiger partial charge in [0.15, 0.2) is 0 Å². The summed E-state index contributed by atoms with van der Waals surface area (Å²) in [6, 6.07) is 4.32. The summed E-state index contributed by atoms with van der Waals surface area (Å²) in [7, 11) is 1.96. The first-order chi connectivity index (χ1) is 6.81. The predicted molar refractivity (Wildman–Crippen MR) is 58.5 cm³/mol. The summed E-state index contributed by atoms with van der Waals surface area (Å²) in [6.45, 7) is 2.02. The van der Waals surface area contributed by atoms with Crippen molar-refractivity contribution in [1.82, 2.24) is 15.3 Å². The lowest BCUT2D eigenvalue weighted by Crippen LogP contribution is -2.16. The molecule has 0 aliphatic carbocycles. The number of rotatable bonds is 3. The number of aryl methyl sites for hydroxylation is 1. The summed E-state index contributed by atoms with van der Waals surface area (Å²) in [5.74, 6) is 0. The minimum absolute atomic E-state index is 0.233. The van der Waals surface area contributed by atoms with Crippen LogP contribution in [0.1, 0.15) is 21.6 Å². The zero-order chi connectivity index (χ0) is 9.97. The zero-order valence-electron chi connectivity index (χ0n) is 8.24. The zero-order valence-corrected chi connectivity index (χ0v) is 9.06. The van der Waals surface area contributed by atoms with E-state index in [2.05, 4.69) is 21.4 Å². The fourth-order valence-corrected chi connectivity index (χ4v) is 2.40.